The zero-order chi connectivity index (χ0) is 18.1. The van der Waals surface area contributed by atoms with Crippen molar-refractivity contribution < 1.29 is 0 Å². The molecule has 1 radical (unpaired) electrons. The summed E-state index contributed by atoms with van der Waals surface area (Å²) in [4.78, 5) is 2.30. The van der Waals surface area contributed by atoms with E-state index in [0.717, 1.165) is 17.1 Å². The summed E-state index contributed by atoms with van der Waals surface area (Å²) in [6.07, 6.45) is 0. The zero-order valence-corrected chi connectivity index (χ0v) is 14.8. The molecule has 0 unspecified atom stereocenters. The molecule has 0 amide bonds. The molecular weight excluding hydrogens is 326 g/mol. The fraction of sp³-hybridized carbons (Fsp3) is 0. The predicted molar refractivity (Wildman–Crippen MR) is 115 cm³/mol. The van der Waals surface area contributed by atoms with Gasteiger partial charge in [-0.25, -0.2) is 0 Å². The van der Waals surface area contributed by atoms with Gasteiger partial charge in [-0.05, 0) is 64.0 Å². The summed E-state index contributed by atoms with van der Waals surface area (Å²) in [5.41, 5.74) is 3.42. The van der Waals surface area contributed by atoms with Crippen LogP contribution in [0.5, 0.6) is 0 Å². The molecule has 0 aliphatic heterocycles. The van der Waals surface area contributed by atoms with E-state index in [1.807, 2.05) is 12.1 Å². The first-order valence-electron chi connectivity index (χ1n) is 9.12. The van der Waals surface area contributed by atoms with E-state index in [1.54, 1.807) is 0 Å². The van der Waals surface area contributed by atoms with Crippen molar-refractivity contribution in [2.24, 2.45) is 0 Å². The Bertz CT molecular complexity index is 1150. The smallest absolute Gasteiger partial charge is 0.0468 e. The number of hydrogen-bond acceptors (Lipinski definition) is 1. The van der Waals surface area contributed by atoms with Crippen LogP contribution in [0.2, 0.25) is 0 Å². The van der Waals surface area contributed by atoms with Crippen LogP contribution in [0.3, 0.4) is 0 Å². The third kappa shape index (κ3) is 2.94. The second kappa shape index (κ2) is 6.62. The van der Waals surface area contributed by atoms with E-state index in [2.05, 4.69) is 108 Å². The van der Waals surface area contributed by atoms with Gasteiger partial charge in [0.15, 0.2) is 0 Å². The van der Waals surface area contributed by atoms with Crippen LogP contribution in [0.4, 0.5) is 17.1 Å². The molecule has 1 nitrogen and oxygen atoms in total. The van der Waals surface area contributed by atoms with E-state index in [0.29, 0.717) is 0 Å². The molecule has 0 saturated heterocycles. The van der Waals surface area contributed by atoms with Crippen LogP contribution in [-0.4, -0.2) is 0 Å². The second-order valence-corrected chi connectivity index (χ2v) is 6.66. The van der Waals surface area contributed by atoms with Gasteiger partial charge < -0.3 is 4.90 Å². The van der Waals surface area contributed by atoms with Crippen LogP contribution < -0.4 is 4.90 Å². The summed E-state index contributed by atoms with van der Waals surface area (Å²) in [7, 11) is 0. The minimum absolute atomic E-state index is 1.12. The Morgan fingerprint density at radius 3 is 1.44 bits per heavy atom. The van der Waals surface area contributed by atoms with E-state index in [4.69, 9.17) is 0 Å². The summed E-state index contributed by atoms with van der Waals surface area (Å²) in [5.74, 6) is 0. The summed E-state index contributed by atoms with van der Waals surface area (Å²) in [6, 6.07) is 41.5. The van der Waals surface area contributed by atoms with Gasteiger partial charge in [0, 0.05) is 17.1 Å². The maximum Gasteiger partial charge on any atom is 0.0468 e. The molecule has 0 bridgehead atoms. The lowest BCUT2D eigenvalue weighted by atomic mass is 10.1. The van der Waals surface area contributed by atoms with Gasteiger partial charge in [0.2, 0.25) is 0 Å². The van der Waals surface area contributed by atoms with Gasteiger partial charge in [0.1, 0.15) is 0 Å². The molecule has 0 aromatic heterocycles. The maximum absolute atomic E-state index is 3.12. The number of benzene rings is 5. The average molecular weight is 344 g/mol. The quantitative estimate of drug-likeness (QED) is 0.333. The summed E-state index contributed by atoms with van der Waals surface area (Å²) < 4.78 is 0. The van der Waals surface area contributed by atoms with Gasteiger partial charge in [-0.3, -0.25) is 0 Å². The monoisotopic (exact) mass is 344 g/mol. The first-order valence-corrected chi connectivity index (χ1v) is 9.12. The number of fused-ring (bicyclic) bond motifs is 2. The molecule has 0 spiro atoms. The van der Waals surface area contributed by atoms with E-state index in [-0.39, 0.29) is 0 Å². The molecular formula is C26H18N. The van der Waals surface area contributed by atoms with Crippen molar-refractivity contribution in [3.63, 3.8) is 0 Å². The minimum atomic E-state index is 1.12. The van der Waals surface area contributed by atoms with Gasteiger partial charge >= 0.3 is 0 Å². The Balaban J connectivity index is 1.72. The highest BCUT2D eigenvalue weighted by molar-refractivity contribution is 5.92. The second-order valence-electron chi connectivity index (χ2n) is 6.66. The average Bonchev–Trinajstić information content (AvgIpc) is 2.74. The molecule has 0 saturated carbocycles. The number of anilines is 3. The molecule has 0 heterocycles. The zero-order valence-electron chi connectivity index (χ0n) is 14.8. The lowest BCUT2D eigenvalue weighted by Crippen LogP contribution is -2.09. The molecule has 127 valence electrons. The molecule has 27 heavy (non-hydrogen) atoms. The SMILES string of the molecule is [c]1ccc(N(c2ccc3ccccc3c2)c2ccc3ccccc3c2)cc1. The van der Waals surface area contributed by atoms with Crippen LogP contribution >= 0.6 is 0 Å². The van der Waals surface area contributed by atoms with Gasteiger partial charge in [-0.15, -0.1) is 0 Å². The fourth-order valence-corrected chi connectivity index (χ4v) is 3.61. The molecule has 0 aliphatic carbocycles. The highest BCUT2D eigenvalue weighted by atomic mass is 15.1. The topological polar surface area (TPSA) is 3.24 Å². The van der Waals surface area contributed by atoms with Crippen molar-refractivity contribution in [1.29, 1.82) is 0 Å². The Kier molecular flexibility index (Phi) is 3.84. The van der Waals surface area contributed by atoms with Crippen LogP contribution in [-0.2, 0) is 0 Å². The van der Waals surface area contributed by atoms with E-state index >= 15 is 0 Å². The summed E-state index contributed by atoms with van der Waals surface area (Å²) in [6.45, 7) is 0. The summed E-state index contributed by atoms with van der Waals surface area (Å²) in [5, 5.41) is 4.98. The van der Waals surface area contributed by atoms with Crippen LogP contribution in [0.1, 0.15) is 0 Å². The highest BCUT2D eigenvalue weighted by Gasteiger charge is 2.13. The van der Waals surface area contributed by atoms with Gasteiger partial charge in [-0.1, -0.05) is 72.8 Å². The van der Waals surface area contributed by atoms with Crippen molar-refractivity contribution in [2.75, 3.05) is 4.90 Å². The van der Waals surface area contributed by atoms with Crippen molar-refractivity contribution in [3.05, 3.63) is 115 Å². The first kappa shape index (κ1) is 15.7. The lowest BCUT2D eigenvalue weighted by molar-refractivity contribution is 1.29. The minimum Gasteiger partial charge on any atom is -0.310 e. The van der Waals surface area contributed by atoms with Gasteiger partial charge in [-0.2, -0.15) is 0 Å². The van der Waals surface area contributed by atoms with E-state index < -0.39 is 0 Å². The van der Waals surface area contributed by atoms with Crippen LogP contribution in [0.15, 0.2) is 109 Å². The molecule has 5 aromatic carbocycles. The molecule has 0 aliphatic rings. The van der Waals surface area contributed by atoms with Gasteiger partial charge in [0.05, 0.1) is 0 Å². The van der Waals surface area contributed by atoms with Crippen molar-refractivity contribution in [1.82, 2.24) is 0 Å². The Morgan fingerprint density at radius 1 is 0.444 bits per heavy atom. The maximum atomic E-state index is 3.12. The largest absolute Gasteiger partial charge is 0.310 e. The van der Waals surface area contributed by atoms with Gasteiger partial charge in [0.25, 0.3) is 0 Å². The Hall–Kier alpha value is -3.58. The molecule has 5 aromatic rings. The van der Waals surface area contributed by atoms with E-state index in [1.165, 1.54) is 21.5 Å². The molecule has 0 atom stereocenters. The van der Waals surface area contributed by atoms with E-state index in [9.17, 15) is 0 Å². The van der Waals surface area contributed by atoms with Crippen molar-refractivity contribution in [3.8, 4) is 0 Å². The molecule has 5 rings (SSSR count). The lowest BCUT2D eigenvalue weighted by Gasteiger charge is -2.26. The predicted octanol–water partition coefficient (Wildman–Crippen LogP) is 7.26. The standard InChI is InChI=1S/C26H18N/c1-2-12-24(13-3-1)27(25-16-14-20-8-4-6-10-22(20)18-25)26-17-15-21-9-5-7-11-23(21)19-26/h2-19H. The van der Waals surface area contributed by atoms with Crippen molar-refractivity contribution >= 4 is 38.6 Å². The third-order valence-electron chi connectivity index (χ3n) is 4.94. The fourth-order valence-electron chi connectivity index (χ4n) is 3.61. The molecule has 1 heteroatoms. The van der Waals surface area contributed by atoms with Crippen molar-refractivity contribution in [2.45, 2.75) is 0 Å². The van der Waals surface area contributed by atoms with Crippen LogP contribution in [0.25, 0.3) is 21.5 Å². The Labute approximate surface area is 159 Å². The number of rotatable bonds is 3. The molecule has 0 fully saturated rings. The first-order chi connectivity index (χ1) is 13.4. The summed E-state index contributed by atoms with van der Waals surface area (Å²) >= 11 is 0. The normalized spacial score (nSPS) is 11.0. The number of hydrogen-bond donors (Lipinski definition) is 0. The number of nitrogens with zero attached hydrogens (tertiary/aromatic N) is 1. The van der Waals surface area contributed by atoms with Crippen LogP contribution in [0, 0.1) is 6.07 Å². The Morgan fingerprint density at radius 2 is 0.926 bits per heavy atom. The highest BCUT2D eigenvalue weighted by Crippen LogP contribution is 2.37. The third-order valence-corrected chi connectivity index (χ3v) is 4.94. The molecule has 0 N–H and O–H groups in total.